The summed E-state index contributed by atoms with van der Waals surface area (Å²) >= 11 is 0. The molecule has 0 amide bonds. The Morgan fingerprint density at radius 3 is 2.46 bits per heavy atom. The third-order valence-corrected chi connectivity index (χ3v) is 4.65. The van der Waals surface area contributed by atoms with Crippen molar-refractivity contribution in [2.75, 3.05) is 20.2 Å². The van der Waals surface area contributed by atoms with Crippen LogP contribution in [-0.2, 0) is 6.54 Å². The average molecular weight is 386 g/mol. The van der Waals surface area contributed by atoms with Gasteiger partial charge in [0.25, 0.3) is 0 Å². The Morgan fingerprint density at radius 1 is 1.25 bits per heavy atom. The second kappa shape index (κ2) is 11.4. The zero-order valence-corrected chi connectivity index (χ0v) is 17.0. The zero-order valence-electron chi connectivity index (χ0n) is 17.0. The Kier molecular flexibility index (Phi) is 8.91. The van der Waals surface area contributed by atoms with E-state index < -0.39 is 5.97 Å². The first-order valence-electron chi connectivity index (χ1n) is 9.73. The highest BCUT2D eigenvalue weighted by molar-refractivity contribution is 5.87. The molecular formula is C22H31N3O3. The molecule has 0 radical (unpaired) electrons. The van der Waals surface area contributed by atoms with Crippen LogP contribution in [0.2, 0.25) is 0 Å². The average Bonchev–Trinajstić information content (AvgIpc) is 2.70. The third-order valence-electron chi connectivity index (χ3n) is 4.65. The molecule has 152 valence electrons. The lowest BCUT2D eigenvalue weighted by Crippen LogP contribution is -2.44. The van der Waals surface area contributed by atoms with Crippen molar-refractivity contribution in [2.24, 2.45) is 0 Å². The second-order valence-electron chi connectivity index (χ2n) is 7.23. The first-order valence-corrected chi connectivity index (χ1v) is 9.73. The number of rotatable bonds is 6. The molecule has 1 fully saturated rings. The number of piperidine rings is 1. The number of carboxylic acids is 1. The Labute approximate surface area is 167 Å². The van der Waals surface area contributed by atoms with Gasteiger partial charge in [0.2, 0.25) is 0 Å². The second-order valence-corrected chi connectivity index (χ2v) is 7.23. The Hall–Kier alpha value is -2.44. The maximum absolute atomic E-state index is 10.2. The molecule has 0 bridgehead atoms. The van der Waals surface area contributed by atoms with Crippen LogP contribution in [0.3, 0.4) is 0 Å². The van der Waals surface area contributed by atoms with Gasteiger partial charge in [-0.05, 0) is 44.1 Å². The molecular weight excluding hydrogens is 354 g/mol. The van der Waals surface area contributed by atoms with Crippen LogP contribution in [0.15, 0.2) is 48.8 Å². The van der Waals surface area contributed by atoms with Crippen molar-refractivity contribution in [1.82, 2.24) is 15.2 Å². The molecule has 1 aliphatic heterocycles. The molecule has 3 rings (SSSR count). The topological polar surface area (TPSA) is 74.7 Å². The van der Waals surface area contributed by atoms with Crippen molar-refractivity contribution in [3.63, 3.8) is 0 Å². The number of likely N-dealkylation sites (tertiary alicyclic amines) is 1. The number of carbonyl (C=O) groups is 1. The van der Waals surface area contributed by atoms with Gasteiger partial charge in [0.15, 0.2) is 0 Å². The molecule has 6 nitrogen and oxygen atoms in total. The number of carboxylic acid groups (broad SMARTS) is 1. The van der Waals surface area contributed by atoms with Gasteiger partial charge in [0.1, 0.15) is 5.75 Å². The van der Waals surface area contributed by atoms with Crippen LogP contribution in [0.4, 0.5) is 0 Å². The number of nitrogens with zero attached hydrogens (tertiary/aromatic N) is 2. The minimum Gasteiger partial charge on any atom is -0.496 e. The molecule has 1 aromatic heterocycles. The smallest absolute Gasteiger partial charge is 0.335 e. The summed E-state index contributed by atoms with van der Waals surface area (Å²) < 4.78 is 5.38. The van der Waals surface area contributed by atoms with Gasteiger partial charge in [-0.3, -0.25) is 9.88 Å². The van der Waals surface area contributed by atoms with E-state index in [9.17, 15) is 4.79 Å². The van der Waals surface area contributed by atoms with Crippen molar-refractivity contribution in [2.45, 2.75) is 45.3 Å². The van der Waals surface area contributed by atoms with Crippen LogP contribution in [0.25, 0.3) is 0 Å². The van der Waals surface area contributed by atoms with E-state index in [-0.39, 0.29) is 0 Å². The lowest BCUT2D eigenvalue weighted by atomic mass is 10.0. The molecule has 0 atom stereocenters. The monoisotopic (exact) mass is 385 g/mol. The number of pyridine rings is 1. The van der Waals surface area contributed by atoms with Crippen molar-refractivity contribution in [3.05, 3.63) is 59.9 Å². The van der Waals surface area contributed by atoms with Crippen LogP contribution in [0.5, 0.6) is 5.75 Å². The fraction of sp³-hybridized carbons (Fsp3) is 0.455. The van der Waals surface area contributed by atoms with Crippen molar-refractivity contribution in [1.29, 1.82) is 0 Å². The summed E-state index contributed by atoms with van der Waals surface area (Å²) in [6, 6.07) is 11.5. The molecule has 0 aliphatic carbocycles. The molecule has 2 heterocycles. The molecule has 28 heavy (non-hydrogen) atoms. The number of aromatic nitrogens is 1. The van der Waals surface area contributed by atoms with Crippen LogP contribution >= 0.6 is 0 Å². The summed E-state index contributed by atoms with van der Waals surface area (Å²) in [6.45, 7) is 7.65. The molecule has 1 aromatic carbocycles. The van der Waals surface area contributed by atoms with E-state index in [0.29, 0.717) is 17.6 Å². The fourth-order valence-electron chi connectivity index (χ4n) is 3.28. The molecule has 1 aliphatic rings. The zero-order chi connectivity index (χ0) is 20.4. The minimum atomic E-state index is -0.879. The number of aromatic carboxylic acids is 1. The summed E-state index contributed by atoms with van der Waals surface area (Å²) in [4.78, 5) is 16.9. The predicted molar refractivity (Wildman–Crippen MR) is 111 cm³/mol. The van der Waals surface area contributed by atoms with Gasteiger partial charge in [-0.15, -0.1) is 0 Å². The van der Waals surface area contributed by atoms with Gasteiger partial charge in [-0.2, -0.15) is 0 Å². The van der Waals surface area contributed by atoms with E-state index in [1.165, 1.54) is 18.4 Å². The van der Waals surface area contributed by atoms with Crippen molar-refractivity contribution >= 4 is 5.97 Å². The van der Waals surface area contributed by atoms with Gasteiger partial charge in [0.05, 0.1) is 12.7 Å². The van der Waals surface area contributed by atoms with E-state index in [1.54, 1.807) is 43.6 Å². The highest BCUT2D eigenvalue weighted by Gasteiger charge is 2.20. The SMILES string of the molecule is COc1ccncc1CN1CCC(NC(C)C)CC1.O=C(O)c1ccccc1. The molecule has 6 heteroatoms. The first kappa shape index (κ1) is 21.9. The van der Waals surface area contributed by atoms with Crippen LogP contribution in [0, 0.1) is 0 Å². The van der Waals surface area contributed by atoms with E-state index in [0.717, 1.165) is 25.4 Å². The number of hydrogen-bond donors (Lipinski definition) is 2. The largest absolute Gasteiger partial charge is 0.496 e. The normalized spacial score (nSPS) is 15.0. The summed E-state index contributed by atoms with van der Waals surface area (Å²) in [5.41, 5.74) is 1.51. The first-order chi connectivity index (χ1) is 13.5. The predicted octanol–water partition coefficient (Wildman–Crippen LogP) is 3.44. The van der Waals surface area contributed by atoms with Crippen LogP contribution in [-0.4, -0.2) is 53.2 Å². The van der Waals surface area contributed by atoms with Gasteiger partial charge in [-0.1, -0.05) is 32.0 Å². The minimum absolute atomic E-state index is 0.331. The Morgan fingerprint density at radius 2 is 1.93 bits per heavy atom. The molecule has 0 unspecified atom stereocenters. The molecule has 2 N–H and O–H groups in total. The summed E-state index contributed by atoms with van der Waals surface area (Å²) in [7, 11) is 1.72. The number of benzene rings is 1. The van der Waals surface area contributed by atoms with Crippen LogP contribution < -0.4 is 10.1 Å². The van der Waals surface area contributed by atoms with E-state index in [4.69, 9.17) is 9.84 Å². The Bertz CT molecular complexity index is 714. The maximum atomic E-state index is 10.2. The van der Waals surface area contributed by atoms with Gasteiger partial charge in [-0.25, -0.2) is 4.79 Å². The fourth-order valence-corrected chi connectivity index (χ4v) is 3.28. The van der Waals surface area contributed by atoms with E-state index >= 15 is 0 Å². The van der Waals surface area contributed by atoms with E-state index in [2.05, 4.69) is 29.0 Å². The molecule has 1 saturated heterocycles. The molecule has 2 aromatic rings. The standard InChI is InChI=1S/C15H25N3O.C7H6O2/c1-12(2)17-14-5-8-18(9-6-14)11-13-10-16-7-4-15(13)19-3;8-7(9)6-4-2-1-3-5-6/h4,7,10,12,14,17H,5-6,8-9,11H2,1-3H3;1-5H,(H,8,9). The summed E-state index contributed by atoms with van der Waals surface area (Å²) in [6.07, 6.45) is 6.14. The van der Waals surface area contributed by atoms with Gasteiger partial charge >= 0.3 is 5.97 Å². The maximum Gasteiger partial charge on any atom is 0.335 e. The highest BCUT2D eigenvalue weighted by atomic mass is 16.5. The number of methoxy groups -OCH3 is 1. The van der Waals surface area contributed by atoms with Gasteiger partial charge < -0.3 is 15.2 Å². The van der Waals surface area contributed by atoms with Crippen molar-refractivity contribution < 1.29 is 14.6 Å². The number of ether oxygens (including phenoxy) is 1. The number of hydrogen-bond acceptors (Lipinski definition) is 5. The molecule has 0 spiro atoms. The van der Waals surface area contributed by atoms with Crippen LogP contribution in [0.1, 0.15) is 42.6 Å². The van der Waals surface area contributed by atoms with E-state index in [1.807, 2.05) is 12.3 Å². The lowest BCUT2D eigenvalue weighted by Gasteiger charge is -2.33. The summed E-state index contributed by atoms with van der Waals surface area (Å²) in [5.74, 6) is 0.0630. The lowest BCUT2D eigenvalue weighted by molar-refractivity contribution is 0.0697. The Balaban J connectivity index is 0.000000261. The highest BCUT2D eigenvalue weighted by Crippen LogP contribution is 2.20. The number of nitrogens with one attached hydrogen (secondary N) is 1. The molecule has 0 saturated carbocycles. The van der Waals surface area contributed by atoms with Gasteiger partial charge in [0, 0.05) is 36.6 Å². The van der Waals surface area contributed by atoms with Crippen molar-refractivity contribution in [3.8, 4) is 5.75 Å². The summed E-state index contributed by atoms with van der Waals surface area (Å²) in [5, 5.41) is 12.0. The quantitative estimate of drug-likeness (QED) is 0.793. The third kappa shape index (κ3) is 7.29.